The van der Waals surface area contributed by atoms with E-state index in [4.69, 9.17) is 9.84 Å². The summed E-state index contributed by atoms with van der Waals surface area (Å²) in [7, 11) is 1.80. The van der Waals surface area contributed by atoms with Crippen LogP contribution in [0.3, 0.4) is 0 Å². The number of nitrogens with zero attached hydrogens (tertiary/aromatic N) is 6. The third kappa shape index (κ3) is 6.45. The van der Waals surface area contributed by atoms with E-state index < -0.39 is 11.4 Å². The van der Waals surface area contributed by atoms with Crippen molar-refractivity contribution in [1.29, 1.82) is 0 Å². The number of anilines is 2. The summed E-state index contributed by atoms with van der Waals surface area (Å²) in [6, 6.07) is 4.94. The Hall–Kier alpha value is -4.15. The maximum atomic E-state index is 14.6. The first kappa shape index (κ1) is 30.3. The minimum absolute atomic E-state index is 0.0196. The van der Waals surface area contributed by atoms with Gasteiger partial charge in [0, 0.05) is 62.4 Å². The number of hydrogen-bond acceptors (Lipinski definition) is 6. The van der Waals surface area contributed by atoms with E-state index in [1.54, 1.807) is 46.4 Å². The van der Waals surface area contributed by atoms with Crippen molar-refractivity contribution in [2.75, 3.05) is 30.4 Å². The average molecular weight is 592 g/mol. The van der Waals surface area contributed by atoms with Crippen LogP contribution in [0, 0.1) is 18.2 Å². The first-order valence-electron chi connectivity index (χ1n) is 14.8. The topological polar surface area (TPSA) is 97.0 Å². The van der Waals surface area contributed by atoms with E-state index >= 15 is 0 Å². The van der Waals surface area contributed by atoms with Gasteiger partial charge in [0.2, 0.25) is 0 Å². The van der Waals surface area contributed by atoms with Crippen molar-refractivity contribution in [3.8, 4) is 0 Å². The lowest BCUT2D eigenvalue weighted by atomic mass is 9.84. The van der Waals surface area contributed by atoms with Crippen molar-refractivity contribution in [3.63, 3.8) is 0 Å². The summed E-state index contributed by atoms with van der Waals surface area (Å²) in [6.45, 7) is 16.1. The molecule has 10 nitrogen and oxygen atoms in total. The van der Waals surface area contributed by atoms with E-state index in [-0.39, 0.29) is 29.1 Å². The largest absolute Gasteiger partial charge is 0.443 e. The van der Waals surface area contributed by atoms with Crippen LogP contribution in [0.4, 0.5) is 20.6 Å². The van der Waals surface area contributed by atoms with Gasteiger partial charge in [0.25, 0.3) is 5.91 Å². The molecule has 2 amide bonds. The Balaban J connectivity index is 1.35. The Morgan fingerprint density at radius 2 is 1.91 bits per heavy atom. The lowest BCUT2D eigenvalue weighted by Gasteiger charge is -2.34. The second kappa shape index (κ2) is 11.2. The second-order valence-electron chi connectivity index (χ2n) is 13.4. The molecule has 1 saturated heterocycles. The molecule has 43 heavy (non-hydrogen) atoms. The number of fused-ring (bicyclic) bond motifs is 2. The summed E-state index contributed by atoms with van der Waals surface area (Å²) in [5.41, 5.74) is 2.58. The van der Waals surface area contributed by atoms with E-state index in [2.05, 4.69) is 36.0 Å². The summed E-state index contributed by atoms with van der Waals surface area (Å²) >= 11 is 0. The molecule has 0 unspecified atom stereocenters. The Labute approximate surface area is 251 Å². The minimum Gasteiger partial charge on any atom is -0.443 e. The number of carbonyl (C=O) groups is 2. The van der Waals surface area contributed by atoms with E-state index in [0.29, 0.717) is 35.6 Å². The first-order chi connectivity index (χ1) is 20.1. The molecule has 1 N–H and O–H groups in total. The molecule has 230 valence electrons. The summed E-state index contributed by atoms with van der Waals surface area (Å²) in [6.07, 6.45) is 6.51. The van der Waals surface area contributed by atoms with Gasteiger partial charge in [-0.3, -0.25) is 9.48 Å². The molecule has 4 heterocycles. The molecule has 1 aromatic carbocycles. The smallest absolute Gasteiger partial charge is 0.410 e. The van der Waals surface area contributed by atoms with Crippen LogP contribution in [0.25, 0.3) is 16.6 Å². The molecular weight excluding hydrogens is 549 g/mol. The van der Waals surface area contributed by atoms with Crippen LogP contribution in [-0.4, -0.2) is 67.8 Å². The first-order valence-corrected chi connectivity index (χ1v) is 14.8. The Morgan fingerprint density at radius 3 is 2.60 bits per heavy atom. The number of nitrogens with one attached hydrogen (secondary N) is 1. The zero-order chi connectivity index (χ0) is 31.3. The maximum Gasteiger partial charge on any atom is 0.410 e. The number of halogens is 1. The van der Waals surface area contributed by atoms with Gasteiger partial charge in [-0.1, -0.05) is 20.8 Å². The van der Waals surface area contributed by atoms with Crippen molar-refractivity contribution in [2.24, 2.45) is 5.41 Å². The van der Waals surface area contributed by atoms with Crippen LogP contribution >= 0.6 is 0 Å². The van der Waals surface area contributed by atoms with Crippen LogP contribution in [0.1, 0.15) is 70.4 Å². The number of carbonyl (C=O) groups excluding carboxylic acids is 2. The van der Waals surface area contributed by atoms with Gasteiger partial charge in [-0.05, 0) is 58.1 Å². The molecular formula is C32H42FN7O3. The average Bonchev–Trinajstić information content (AvgIpc) is 3.63. The van der Waals surface area contributed by atoms with Gasteiger partial charge in [-0.25, -0.2) is 14.2 Å². The minimum atomic E-state index is -0.575. The van der Waals surface area contributed by atoms with Gasteiger partial charge in [0.15, 0.2) is 11.5 Å². The van der Waals surface area contributed by atoms with Gasteiger partial charge in [-0.2, -0.15) is 5.10 Å². The zero-order valence-electron chi connectivity index (χ0n) is 26.4. The van der Waals surface area contributed by atoms with Crippen LogP contribution in [0.5, 0.6) is 0 Å². The maximum absolute atomic E-state index is 14.6. The van der Waals surface area contributed by atoms with Crippen molar-refractivity contribution in [2.45, 2.75) is 79.5 Å². The molecule has 0 bridgehead atoms. The summed E-state index contributed by atoms with van der Waals surface area (Å²) in [5.74, 6) is -0.898. The molecule has 0 spiro atoms. The molecule has 0 saturated carbocycles. The number of imidazole rings is 1. The lowest BCUT2D eigenvalue weighted by molar-refractivity contribution is -0.0105. The lowest BCUT2D eigenvalue weighted by Crippen LogP contribution is -2.43. The summed E-state index contributed by atoms with van der Waals surface area (Å²) in [5, 5.41) is 8.38. The zero-order valence-corrected chi connectivity index (χ0v) is 26.4. The van der Waals surface area contributed by atoms with Gasteiger partial charge >= 0.3 is 6.09 Å². The van der Waals surface area contributed by atoms with E-state index in [1.807, 2.05) is 33.0 Å². The normalized spacial score (nSPS) is 15.8. The van der Waals surface area contributed by atoms with Gasteiger partial charge in [0.05, 0.1) is 23.0 Å². The Bertz CT molecular complexity index is 1680. The third-order valence-electron chi connectivity index (χ3n) is 7.81. The predicted molar refractivity (Wildman–Crippen MR) is 166 cm³/mol. The van der Waals surface area contributed by atoms with Crippen LogP contribution in [-0.2, 0) is 11.3 Å². The van der Waals surface area contributed by atoms with Crippen molar-refractivity contribution < 1.29 is 18.7 Å². The predicted octanol–water partition coefficient (Wildman–Crippen LogP) is 6.27. The fraction of sp³-hybridized carbons (Fsp3) is 0.500. The molecule has 4 aromatic rings. The molecule has 11 heteroatoms. The molecule has 1 fully saturated rings. The third-order valence-corrected chi connectivity index (χ3v) is 7.81. The number of aryl methyl sites for hydroxylation is 2. The molecule has 1 aliphatic rings. The fourth-order valence-electron chi connectivity index (χ4n) is 6.25. The van der Waals surface area contributed by atoms with Gasteiger partial charge in [-0.15, -0.1) is 0 Å². The number of amides is 2. The van der Waals surface area contributed by atoms with Crippen molar-refractivity contribution in [3.05, 3.63) is 53.9 Å². The molecule has 0 radical (unpaired) electrons. The molecule has 3 aromatic heterocycles. The number of ether oxygens (including phenoxy) is 1. The number of pyridine rings is 1. The highest BCUT2D eigenvalue weighted by Crippen LogP contribution is 2.34. The number of likely N-dealkylation sites (N-methyl/N-ethyl adjacent to an activating group) is 1. The number of hydrogen-bond donors (Lipinski definition) is 1. The Kier molecular flexibility index (Phi) is 7.87. The Morgan fingerprint density at radius 1 is 1.16 bits per heavy atom. The molecule has 1 atom stereocenters. The molecule has 5 rings (SSSR count). The number of aromatic nitrogens is 4. The monoisotopic (exact) mass is 591 g/mol. The van der Waals surface area contributed by atoms with E-state index in [1.165, 1.54) is 6.07 Å². The number of rotatable bonds is 7. The highest BCUT2D eigenvalue weighted by molar-refractivity contribution is 6.14. The van der Waals surface area contributed by atoms with Crippen LogP contribution in [0.2, 0.25) is 0 Å². The highest BCUT2D eigenvalue weighted by Gasteiger charge is 2.35. The van der Waals surface area contributed by atoms with E-state index in [0.717, 1.165) is 30.5 Å². The quantitative estimate of drug-likeness (QED) is 0.272. The molecule has 1 aliphatic heterocycles. The SMILES string of the molecule is CCn1cc2c(N3CC[C@@H](N(C)C(=O)OC(C)(C)CC(C)(C)C)C3)ccc(C(=O)Nc3cc(F)c4nc(C)cn4c3)c2n1. The highest BCUT2D eigenvalue weighted by atomic mass is 19.1. The van der Waals surface area contributed by atoms with Crippen LogP contribution < -0.4 is 10.2 Å². The standard InChI is InChI=1S/C32H42FN7O3/c1-9-40-18-24-26(38-13-12-22(17-38)37(8)30(42)43-32(6,7)19-31(3,4)5)11-10-23(27(24)36-40)29(41)35-21-14-25(33)28-34-20(2)15-39(28)16-21/h10-11,14-16,18,22H,9,12-13,17,19H2,1-8H3,(H,35,41)/t22-/m1/s1. The fourth-order valence-corrected chi connectivity index (χ4v) is 6.25. The van der Waals surface area contributed by atoms with Gasteiger partial charge in [0.1, 0.15) is 11.1 Å². The molecule has 0 aliphatic carbocycles. The van der Waals surface area contributed by atoms with Crippen LogP contribution in [0.15, 0.2) is 36.8 Å². The van der Waals surface area contributed by atoms with E-state index in [9.17, 15) is 14.0 Å². The van der Waals surface area contributed by atoms with Crippen molar-refractivity contribution in [1.82, 2.24) is 24.1 Å². The summed E-state index contributed by atoms with van der Waals surface area (Å²) < 4.78 is 23.9. The van der Waals surface area contributed by atoms with Crippen molar-refractivity contribution >= 4 is 39.9 Å². The summed E-state index contributed by atoms with van der Waals surface area (Å²) in [4.78, 5) is 34.6. The second-order valence-corrected chi connectivity index (χ2v) is 13.4. The van der Waals surface area contributed by atoms with Gasteiger partial charge < -0.3 is 24.3 Å². The number of benzene rings is 1.